The molecule has 0 radical (unpaired) electrons. The van der Waals surface area contributed by atoms with Gasteiger partial charge in [-0.25, -0.2) is 12.8 Å². The third-order valence-electron chi connectivity index (χ3n) is 4.18. The molecular weight excluding hydrogens is 359 g/mol. The number of piperidine rings is 1. The van der Waals surface area contributed by atoms with Crippen molar-refractivity contribution in [3.05, 3.63) is 59.9 Å². The quantitative estimate of drug-likeness (QED) is 0.854. The number of sulfonamides is 1. The van der Waals surface area contributed by atoms with Gasteiger partial charge in [0.25, 0.3) is 5.91 Å². The first-order valence-electron chi connectivity index (χ1n) is 8.21. The van der Waals surface area contributed by atoms with Gasteiger partial charge in [0.1, 0.15) is 5.82 Å². The number of anilines is 1. The first-order valence-corrected chi connectivity index (χ1v) is 9.65. The average Bonchev–Trinajstić information content (AvgIpc) is 2.62. The summed E-state index contributed by atoms with van der Waals surface area (Å²) in [6, 6.07) is 11.1. The van der Waals surface area contributed by atoms with E-state index >= 15 is 0 Å². The molecular formula is C18H19FN2O4S. The smallest absolute Gasteiger partial charge is 0.255 e. The number of rotatable bonds is 4. The summed E-state index contributed by atoms with van der Waals surface area (Å²) in [6.45, 7) is 0.376. The molecule has 2 aromatic carbocycles. The number of hydrogen-bond donors (Lipinski definition) is 2. The molecule has 1 aliphatic heterocycles. The van der Waals surface area contributed by atoms with E-state index in [1.54, 1.807) is 0 Å². The molecule has 1 saturated heterocycles. The van der Waals surface area contributed by atoms with Crippen molar-refractivity contribution >= 4 is 21.6 Å². The van der Waals surface area contributed by atoms with E-state index in [1.165, 1.54) is 52.8 Å². The lowest BCUT2D eigenvalue weighted by Crippen LogP contribution is -2.42. The normalized spacial score (nSPS) is 18.5. The van der Waals surface area contributed by atoms with Gasteiger partial charge in [0, 0.05) is 24.3 Å². The molecule has 0 aromatic heterocycles. The van der Waals surface area contributed by atoms with Crippen molar-refractivity contribution in [1.82, 2.24) is 4.31 Å². The molecule has 1 aliphatic rings. The molecule has 8 heteroatoms. The molecule has 138 valence electrons. The monoisotopic (exact) mass is 378 g/mol. The number of nitrogens with zero attached hydrogens (tertiary/aromatic N) is 1. The van der Waals surface area contributed by atoms with Gasteiger partial charge in [0.2, 0.25) is 10.0 Å². The highest BCUT2D eigenvalue weighted by atomic mass is 32.2. The highest BCUT2D eigenvalue weighted by molar-refractivity contribution is 7.89. The Hall–Kier alpha value is -2.29. The number of carbonyl (C=O) groups is 1. The van der Waals surface area contributed by atoms with Crippen LogP contribution in [0, 0.1) is 5.82 Å². The van der Waals surface area contributed by atoms with E-state index in [0.29, 0.717) is 19.4 Å². The molecule has 0 aliphatic carbocycles. The average molecular weight is 378 g/mol. The van der Waals surface area contributed by atoms with Crippen LogP contribution in [-0.4, -0.2) is 42.9 Å². The number of carbonyl (C=O) groups excluding carboxylic acids is 1. The van der Waals surface area contributed by atoms with Gasteiger partial charge < -0.3 is 10.4 Å². The van der Waals surface area contributed by atoms with Crippen LogP contribution >= 0.6 is 0 Å². The van der Waals surface area contributed by atoms with E-state index < -0.39 is 27.9 Å². The molecule has 1 amide bonds. The van der Waals surface area contributed by atoms with Gasteiger partial charge in [-0.1, -0.05) is 12.1 Å². The topological polar surface area (TPSA) is 86.7 Å². The van der Waals surface area contributed by atoms with Crippen molar-refractivity contribution in [3.63, 3.8) is 0 Å². The molecule has 3 rings (SSSR count). The summed E-state index contributed by atoms with van der Waals surface area (Å²) in [5.74, 6) is -1.02. The molecule has 0 bridgehead atoms. The van der Waals surface area contributed by atoms with Gasteiger partial charge >= 0.3 is 0 Å². The second kappa shape index (κ2) is 7.53. The first kappa shape index (κ1) is 18.5. The number of benzene rings is 2. The lowest BCUT2D eigenvalue weighted by atomic mass is 10.1. The van der Waals surface area contributed by atoms with Crippen LogP contribution in [0.15, 0.2) is 53.4 Å². The van der Waals surface area contributed by atoms with Gasteiger partial charge in [-0.05, 0) is 49.2 Å². The largest absolute Gasteiger partial charge is 0.392 e. The van der Waals surface area contributed by atoms with Crippen molar-refractivity contribution in [3.8, 4) is 0 Å². The Labute approximate surface area is 151 Å². The van der Waals surface area contributed by atoms with Crippen LogP contribution in [0.1, 0.15) is 23.2 Å². The van der Waals surface area contributed by atoms with E-state index in [-0.39, 0.29) is 22.7 Å². The number of β-amino-alcohol motifs (C(OH)–C–C–N with tert-alkyl or cyclic N) is 1. The van der Waals surface area contributed by atoms with E-state index in [9.17, 15) is 22.7 Å². The Kier molecular flexibility index (Phi) is 5.36. The van der Waals surface area contributed by atoms with E-state index in [0.717, 1.165) is 0 Å². The zero-order valence-electron chi connectivity index (χ0n) is 13.9. The van der Waals surface area contributed by atoms with Crippen molar-refractivity contribution < 1.29 is 22.7 Å². The van der Waals surface area contributed by atoms with Gasteiger partial charge in [-0.3, -0.25) is 4.79 Å². The van der Waals surface area contributed by atoms with Crippen LogP contribution in [0.4, 0.5) is 10.1 Å². The zero-order chi connectivity index (χ0) is 18.7. The third-order valence-corrected chi connectivity index (χ3v) is 6.04. The second-order valence-electron chi connectivity index (χ2n) is 6.15. The molecule has 2 aromatic rings. The standard InChI is InChI=1S/C18H19FN2O4S/c19-14-5-2-6-15(11-14)20-18(23)13-4-1-8-17(10-13)26(24,25)21-9-3-7-16(22)12-21/h1-2,4-6,8,10-11,16,22H,3,7,9,12H2,(H,20,23). The molecule has 1 fully saturated rings. The molecule has 1 atom stereocenters. The molecule has 26 heavy (non-hydrogen) atoms. The fourth-order valence-corrected chi connectivity index (χ4v) is 4.42. The van der Waals surface area contributed by atoms with Crippen LogP contribution in [-0.2, 0) is 10.0 Å². The SMILES string of the molecule is O=C(Nc1cccc(F)c1)c1cccc(S(=O)(=O)N2CCCC(O)C2)c1. The summed E-state index contributed by atoms with van der Waals surface area (Å²) in [7, 11) is -3.80. The minimum atomic E-state index is -3.80. The van der Waals surface area contributed by atoms with Crippen LogP contribution in [0.2, 0.25) is 0 Å². The summed E-state index contributed by atoms with van der Waals surface area (Å²) in [5.41, 5.74) is 0.426. The van der Waals surface area contributed by atoms with E-state index in [4.69, 9.17) is 0 Å². The maximum atomic E-state index is 13.2. The molecule has 1 unspecified atom stereocenters. The first-order chi connectivity index (χ1) is 12.4. The molecule has 1 heterocycles. The van der Waals surface area contributed by atoms with Crippen molar-refractivity contribution in [2.24, 2.45) is 0 Å². The van der Waals surface area contributed by atoms with Gasteiger partial charge in [-0.15, -0.1) is 0 Å². The lowest BCUT2D eigenvalue weighted by Gasteiger charge is -2.29. The Morgan fingerprint density at radius 2 is 1.96 bits per heavy atom. The zero-order valence-corrected chi connectivity index (χ0v) is 14.7. The summed E-state index contributed by atoms with van der Waals surface area (Å²) < 4.78 is 39.9. The van der Waals surface area contributed by atoms with E-state index in [1.807, 2.05) is 0 Å². The number of nitrogens with one attached hydrogen (secondary N) is 1. The third kappa shape index (κ3) is 4.09. The van der Waals surface area contributed by atoms with Crippen molar-refractivity contribution in [2.75, 3.05) is 18.4 Å². The second-order valence-corrected chi connectivity index (χ2v) is 8.09. The fraction of sp³-hybridized carbons (Fsp3) is 0.278. The van der Waals surface area contributed by atoms with Crippen LogP contribution < -0.4 is 5.32 Å². The minimum absolute atomic E-state index is 0.0153. The fourth-order valence-electron chi connectivity index (χ4n) is 2.86. The predicted octanol–water partition coefficient (Wildman–Crippen LogP) is 2.22. The van der Waals surface area contributed by atoms with Crippen LogP contribution in [0.3, 0.4) is 0 Å². The lowest BCUT2D eigenvalue weighted by molar-refractivity contribution is 0.102. The van der Waals surface area contributed by atoms with Crippen LogP contribution in [0.25, 0.3) is 0 Å². The summed E-state index contributed by atoms with van der Waals surface area (Å²) in [4.78, 5) is 12.3. The van der Waals surface area contributed by atoms with Crippen LogP contribution in [0.5, 0.6) is 0 Å². The number of halogens is 1. The summed E-state index contributed by atoms with van der Waals surface area (Å²) in [5, 5.41) is 12.3. The maximum Gasteiger partial charge on any atom is 0.255 e. The summed E-state index contributed by atoms with van der Waals surface area (Å²) in [6.07, 6.45) is 0.473. The molecule has 2 N–H and O–H groups in total. The number of amides is 1. The highest BCUT2D eigenvalue weighted by Crippen LogP contribution is 2.22. The minimum Gasteiger partial charge on any atom is -0.392 e. The Morgan fingerprint density at radius 3 is 2.69 bits per heavy atom. The molecule has 0 spiro atoms. The van der Waals surface area contributed by atoms with Gasteiger partial charge in [0.15, 0.2) is 0 Å². The maximum absolute atomic E-state index is 13.2. The van der Waals surface area contributed by atoms with Crippen molar-refractivity contribution in [1.29, 1.82) is 0 Å². The Morgan fingerprint density at radius 1 is 1.19 bits per heavy atom. The predicted molar refractivity (Wildman–Crippen MR) is 94.8 cm³/mol. The Balaban J connectivity index is 1.82. The number of hydrogen-bond acceptors (Lipinski definition) is 4. The van der Waals surface area contributed by atoms with Crippen molar-refractivity contribution in [2.45, 2.75) is 23.8 Å². The Bertz CT molecular complexity index is 917. The molecule has 0 saturated carbocycles. The van der Waals surface area contributed by atoms with Gasteiger partial charge in [-0.2, -0.15) is 4.31 Å². The molecule has 6 nitrogen and oxygen atoms in total. The highest BCUT2D eigenvalue weighted by Gasteiger charge is 2.29. The summed E-state index contributed by atoms with van der Waals surface area (Å²) >= 11 is 0. The number of aliphatic hydroxyl groups excluding tert-OH is 1. The van der Waals surface area contributed by atoms with E-state index in [2.05, 4.69) is 5.32 Å². The number of aliphatic hydroxyl groups is 1. The van der Waals surface area contributed by atoms with Gasteiger partial charge in [0.05, 0.1) is 11.0 Å².